The van der Waals surface area contributed by atoms with Crippen molar-refractivity contribution in [2.75, 3.05) is 26.3 Å². The Labute approximate surface area is 148 Å². The number of piperidine rings is 1. The van der Waals surface area contributed by atoms with Crippen LogP contribution >= 0.6 is 0 Å². The molecule has 25 heavy (non-hydrogen) atoms. The Hall–Kier alpha value is -2.34. The number of ether oxygens (including phenoxy) is 1. The van der Waals surface area contributed by atoms with E-state index >= 15 is 0 Å². The minimum atomic E-state index is 0.0128. The van der Waals surface area contributed by atoms with Crippen molar-refractivity contribution in [2.24, 2.45) is 5.92 Å². The van der Waals surface area contributed by atoms with Gasteiger partial charge < -0.3 is 15.0 Å². The predicted molar refractivity (Wildman–Crippen MR) is 97.0 cm³/mol. The molecule has 1 saturated heterocycles. The quantitative estimate of drug-likeness (QED) is 0.848. The molecule has 1 aromatic heterocycles. The van der Waals surface area contributed by atoms with Gasteiger partial charge in [-0.1, -0.05) is 24.3 Å². The minimum absolute atomic E-state index is 0.0128. The summed E-state index contributed by atoms with van der Waals surface area (Å²) < 4.78 is 5.51. The maximum Gasteiger partial charge on any atom is 0.317 e. The van der Waals surface area contributed by atoms with Crippen molar-refractivity contribution in [3.63, 3.8) is 0 Å². The Kier molecular flexibility index (Phi) is 6.06. The number of aromatic amines is 1. The number of carbonyl (C=O) groups excluding carboxylic acids is 1. The first-order chi connectivity index (χ1) is 12.3. The highest BCUT2D eigenvalue weighted by atomic mass is 16.5. The lowest BCUT2D eigenvalue weighted by atomic mass is 9.99. The number of H-pyrrole nitrogens is 1. The molecule has 3 rings (SSSR count). The van der Waals surface area contributed by atoms with Crippen LogP contribution in [0, 0.1) is 5.92 Å². The number of carbonyl (C=O) groups is 1. The molecule has 2 heterocycles. The second kappa shape index (κ2) is 8.67. The zero-order valence-electron chi connectivity index (χ0n) is 14.7. The molecular formula is C19H26N4O2. The molecule has 2 N–H and O–H groups in total. The second-order valence-corrected chi connectivity index (χ2v) is 6.44. The van der Waals surface area contributed by atoms with Crippen molar-refractivity contribution in [2.45, 2.75) is 26.3 Å². The number of nitrogens with zero attached hydrogens (tertiary/aromatic N) is 2. The average molecular weight is 342 g/mol. The Morgan fingerprint density at radius 1 is 1.36 bits per heavy atom. The number of hydrogen-bond acceptors (Lipinski definition) is 3. The largest absolute Gasteiger partial charge is 0.381 e. The molecule has 1 aliphatic rings. The van der Waals surface area contributed by atoms with Crippen LogP contribution in [0.1, 0.15) is 25.3 Å². The van der Waals surface area contributed by atoms with Crippen LogP contribution in [0.3, 0.4) is 0 Å². The fourth-order valence-electron chi connectivity index (χ4n) is 3.18. The third-order valence-electron chi connectivity index (χ3n) is 4.57. The molecule has 1 unspecified atom stereocenters. The first-order valence-electron chi connectivity index (χ1n) is 8.95. The van der Waals surface area contributed by atoms with Gasteiger partial charge in [0.2, 0.25) is 0 Å². The summed E-state index contributed by atoms with van der Waals surface area (Å²) in [6.45, 7) is 5.63. The molecule has 2 aromatic rings. The molecule has 1 aliphatic heterocycles. The van der Waals surface area contributed by atoms with Gasteiger partial charge in [-0.05, 0) is 37.0 Å². The van der Waals surface area contributed by atoms with E-state index in [2.05, 4.69) is 15.5 Å². The summed E-state index contributed by atoms with van der Waals surface area (Å²) in [5, 5.41) is 9.93. The van der Waals surface area contributed by atoms with Crippen LogP contribution in [-0.2, 0) is 11.3 Å². The molecule has 1 fully saturated rings. The van der Waals surface area contributed by atoms with Gasteiger partial charge in [0.1, 0.15) is 0 Å². The van der Waals surface area contributed by atoms with Crippen LogP contribution in [0.2, 0.25) is 0 Å². The van der Waals surface area contributed by atoms with Crippen molar-refractivity contribution in [1.82, 2.24) is 20.4 Å². The topological polar surface area (TPSA) is 70.2 Å². The van der Waals surface area contributed by atoms with E-state index in [1.54, 1.807) is 6.20 Å². The Morgan fingerprint density at radius 2 is 2.20 bits per heavy atom. The third-order valence-corrected chi connectivity index (χ3v) is 4.57. The number of amides is 2. The fourth-order valence-corrected chi connectivity index (χ4v) is 3.18. The number of aromatic nitrogens is 2. The summed E-state index contributed by atoms with van der Waals surface area (Å²) in [7, 11) is 0. The first kappa shape index (κ1) is 17.5. The molecule has 6 heteroatoms. The van der Waals surface area contributed by atoms with Gasteiger partial charge in [-0.3, -0.25) is 5.10 Å². The van der Waals surface area contributed by atoms with E-state index in [9.17, 15) is 4.79 Å². The minimum Gasteiger partial charge on any atom is -0.381 e. The molecule has 1 aromatic carbocycles. The highest BCUT2D eigenvalue weighted by molar-refractivity contribution is 5.74. The van der Waals surface area contributed by atoms with Crippen LogP contribution in [-0.4, -0.2) is 47.4 Å². The van der Waals surface area contributed by atoms with Gasteiger partial charge in [0.25, 0.3) is 0 Å². The Balaban J connectivity index is 1.48. The van der Waals surface area contributed by atoms with E-state index in [-0.39, 0.29) is 6.03 Å². The number of hydrogen-bond donors (Lipinski definition) is 2. The molecule has 1 atom stereocenters. The van der Waals surface area contributed by atoms with Crippen LogP contribution in [0.25, 0.3) is 11.3 Å². The normalized spacial score (nSPS) is 17.5. The van der Waals surface area contributed by atoms with E-state index in [0.717, 1.165) is 56.0 Å². The molecule has 0 radical (unpaired) electrons. The number of nitrogens with one attached hydrogen (secondary N) is 2. The molecule has 0 saturated carbocycles. The molecule has 6 nitrogen and oxygen atoms in total. The number of benzene rings is 1. The molecule has 134 valence electrons. The van der Waals surface area contributed by atoms with Gasteiger partial charge in [-0.25, -0.2) is 4.79 Å². The summed E-state index contributed by atoms with van der Waals surface area (Å²) in [5.41, 5.74) is 3.16. The van der Waals surface area contributed by atoms with Gasteiger partial charge in [-0.15, -0.1) is 0 Å². The van der Waals surface area contributed by atoms with E-state index in [1.807, 2.05) is 42.2 Å². The fraction of sp³-hybridized carbons (Fsp3) is 0.474. The van der Waals surface area contributed by atoms with Crippen LogP contribution in [0.5, 0.6) is 0 Å². The van der Waals surface area contributed by atoms with E-state index in [1.165, 1.54) is 0 Å². The Bertz CT molecular complexity index is 655. The zero-order chi connectivity index (χ0) is 17.5. The van der Waals surface area contributed by atoms with Crippen molar-refractivity contribution in [1.29, 1.82) is 0 Å². The van der Waals surface area contributed by atoms with E-state index in [4.69, 9.17) is 4.74 Å². The van der Waals surface area contributed by atoms with Gasteiger partial charge >= 0.3 is 6.03 Å². The van der Waals surface area contributed by atoms with Gasteiger partial charge in [0.15, 0.2) is 0 Å². The smallest absolute Gasteiger partial charge is 0.317 e. The third kappa shape index (κ3) is 4.82. The maximum absolute atomic E-state index is 12.4. The Morgan fingerprint density at radius 3 is 2.92 bits per heavy atom. The zero-order valence-corrected chi connectivity index (χ0v) is 14.7. The summed E-state index contributed by atoms with van der Waals surface area (Å²) >= 11 is 0. The number of likely N-dealkylation sites (tertiary alicyclic amines) is 1. The number of rotatable bonds is 6. The van der Waals surface area contributed by atoms with Crippen molar-refractivity contribution in [3.8, 4) is 11.3 Å². The van der Waals surface area contributed by atoms with Gasteiger partial charge in [0.05, 0.1) is 12.3 Å². The average Bonchev–Trinajstić information content (AvgIpc) is 3.20. The SMILES string of the molecule is CCOCC1CCCN(C(=O)NCc2ccc(-c3ccn[nH]3)cc2)C1. The summed E-state index contributed by atoms with van der Waals surface area (Å²) in [6, 6.07) is 10.1. The van der Waals surface area contributed by atoms with Crippen molar-refractivity contribution in [3.05, 3.63) is 42.1 Å². The van der Waals surface area contributed by atoms with Gasteiger partial charge in [-0.2, -0.15) is 5.10 Å². The molecule has 0 spiro atoms. The van der Waals surface area contributed by atoms with Crippen molar-refractivity contribution < 1.29 is 9.53 Å². The highest BCUT2D eigenvalue weighted by Gasteiger charge is 2.23. The second-order valence-electron chi connectivity index (χ2n) is 6.44. The lowest BCUT2D eigenvalue weighted by Crippen LogP contribution is -2.46. The summed E-state index contributed by atoms with van der Waals surface area (Å²) in [4.78, 5) is 14.3. The lowest BCUT2D eigenvalue weighted by Gasteiger charge is -2.32. The van der Waals surface area contributed by atoms with E-state index in [0.29, 0.717) is 12.5 Å². The lowest BCUT2D eigenvalue weighted by molar-refractivity contribution is 0.0756. The maximum atomic E-state index is 12.4. The van der Waals surface area contributed by atoms with E-state index < -0.39 is 0 Å². The van der Waals surface area contributed by atoms with Crippen molar-refractivity contribution >= 4 is 6.03 Å². The van der Waals surface area contributed by atoms with Crippen LogP contribution in [0.4, 0.5) is 4.79 Å². The molecule has 0 bridgehead atoms. The predicted octanol–water partition coefficient (Wildman–Crippen LogP) is 3.03. The standard InChI is InChI=1S/C19H26N4O2/c1-2-25-14-16-4-3-11-23(13-16)19(24)20-12-15-5-7-17(8-6-15)18-9-10-21-22-18/h5-10,16H,2-4,11-14H2,1H3,(H,20,24)(H,21,22). The first-order valence-corrected chi connectivity index (χ1v) is 8.95. The summed E-state index contributed by atoms with van der Waals surface area (Å²) in [5.74, 6) is 0.452. The van der Waals surface area contributed by atoms with Crippen LogP contribution < -0.4 is 5.32 Å². The molecule has 0 aliphatic carbocycles. The molecular weight excluding hydrogens is 316 g/mol. The number of urea groups is 1. The molecule has 2 amide bonds. The van der Waals surface area contributed by atoms with Crippen LogP contribution in [0.15, 0.2) is 36.5 Å². The monoisotopic (exact) mass is 342 g/mol. The highest BCUT2D eigenvalue weighted by Crippen LogP contribution is 2.18. The summed E-state index contributed by atoms with van der Waals surface area (Å²) in [6.07, 6.45) is 3.92. The van der Waals surface area contributed by atoms with Gasteiger partial charge in [0, 0.05) is 38.4 Å².